The van der Waals surface area contributed by atoms with Gasteiger partial charge in [0.1, 0.15) is 5.76 Å². The number of aliphatic hydroxyl groups is 2. The average Bonchev–Trinajstić information content (AvgIpc) is 2.99. The Hall–Kier alpha value is -2.84. The van der Waals surface area contributed by atoms with Gasteiger partial charge in [0.25, 0.3) is 0 Å². The summed E-state index contributed by atoms with van der Waals surface area (Å²) >= 11 is 0. The summed E-state index contributed by atoms with van der Waals surface area (Å²) < 4.78 is 5.16. The van der Waals surface area contributed by atoms with Crippen molar-refractivity contribution in [2.75, 3.05) is 0 Å². The fourth-order valence-corrected chi connectivity index (χ4v) is 2.87. The van der Waals surface area contributed by atoms with E-state index in [1.807, 2.05) is 0 Å². The highest BCUT2D eigenvalue weighted by Crippen LogP contribution is 2.58. The van der Waals surface area contributed by atoms with Gasteiger partial charge < -0.3 is 14.6 Å². The van der Waals surface area contributed by atoms with E-state index >= 15 is 0 Å². The van der Waals surface area contributed by atoms with Crippen molar-refractivity contribution in [3.05, 3.63) is 24.2 Å². The molecular formula is C14H10N4O3. The van der Waals surface area contributed by atoms with Crippen molar-refractivity contribution in [2.45, 2.75) is 24.5 Å². The minimum atomic E-state index is -2.35. The van der Waals surface area contributed by atoms with Crippen LogP contribution in [-0.2, 0) is 0 Å². The third-order valence-corrected chi connectivity index (χ3v) is 3.90. The van der Waals surface area contributed by atoms with E-state index in [0.717, 1.165) is 0 Å². The summed E-state index contributed by atoms with van der Waals surface area (Å²) in [4.78, 5) is 0. The Labute approximate surface area is 120 Å². The topological polar surface area (TPSA) is 149 Å². The Bertz CT molecular complexity index is 681. The Morgan fingerprint density at radius 2 is 1.71 bits per heavy atom. The lowest BCUT2D eigenvalue weighted by Crippen LogP contribution is -2.54. The molecule has 1 aliphatic rings. The molecule has 104 valence electrons. The molecule has 0 radical (unpaired) electrons. The first-order chi connectivity index (χ1) is 9.90. The predicted octanol–water partition coefficient (Wildman–Crippen LogP) is 0.905. The molecular weight excluding hydrogens is 272 g/mol. The summed E-state index contributed by atoms with van der Waals surface area (Å²) in [5.74, 6) is -3.30. The molecule has 0 aromatic carbocycles. The molecule has 21 heavy (non-hydrogen) atoms. The maximum Gasteiger partial charge on any atom is 0.185 e. The molecule has 1 atom stereocenters. The number of nitriles is 4. The summed E-state index contributed by atoms with van der Waals surface area (Å²) in [6.07, 6.45) is 0.221. The molecule has 0 aliphatic heterocycles. The number of hydrogen-bond acceptors (Lipinski definition) is 7. The Kier molecular flexibility index (Phi) is 3.20. The summed E-state index contributed by atoms with van der Waals surface area (Å²) in [7, 11) is 0. The molecule has 0 unspecified atom stereocenters. The first-order valence-corrected chi connectivity index (χ1v) is 6.03. The van der Waals surface area contributed by atoms with Crippen LogP contribution in [-0.4, -0.2) is 16.0 Å². The van der Waals surface area contributed by atoms with Gasteiger partial charge in [-0.25, -0.2) is 0 Å². The smallest absolute Gasteiger partial charge is 0.185 e. The normalized spacial score (nSPS) is 24.8. The first kappa shape index (κ1) is 14.6. The van der Waals surface area contributed by atoms with Crippen LogP contribution in [0, 0.1) is 56.2 Å². The maximum atomic E-state index is 9.96. The fourth-order valence-electron chi connectivity index (χ4n) is 2.87. The summed E-state index contributed by atoms with van der Waals surface area (Å²) in [6, 6.07) is 9.76. The van der Waals surface area contributed by atoms with Crippen LogP contribution in [0.1, 0.15) is 24.5 Å². The van der Waals surface area contributed by atoms with Gasteiger partial charge in [-0.15, -0.1) is 0 Å². The number of rotatable bonds is 1. The second-order valence-corrected chi connectivity index (χ2v) is 5.09. The van der Waals surface area contributed by atoms with Crippen molar-refractivity contribution < 1.29 is 14.6 Å². The van der Waals surface area contributed by atoms with Gasteiger partial charge in [-0.3, -0.25) is 0 Å². The molecule has 1 aromatic heterocycles. The van der Waals surface area contributed by atoms with Gasteiger partial charge >= 0.3 is 0 Å². The average molecular weight is 282 g/mol. The van der Waals surface area contributed by atoms with Crippen molar-refractivity contribution >= 4 is 0 Å². The van der Waals surface area contributed by atoms with Crippen LogP contribution in [0.25, 0.3) is 0 Å². The SMILES string of the molecule is N#CC1(C#N)CC(O)(O)C[C@H](c2ccco2)C1(C#N)C#N. The van der Waals surface area contributed by atoms with Crippen LogP contribution in [0.5, 0.6) is 0 Å². The molecule has 1 saturated carbocycles. The lowest BCUT2D eigenvalue weighted by Gasteiger charge is -2.45. The molecule has 0 amide bonds. The van der Waals surface area contributed by atoms with E-state index in [-0.39, 0.29) is 12.2 Å². The minimum Gasteiger partial charge on any atom is -0.469 e. The quantitative estimate of drug-likeness (QED) is 0.726. The van der Waals surface area contributed by atoms with Crippen LogP contribution in [0.3, 0.4) is 0 Å². The third-order valence-electron chi connectivity index (χ3n) is 3.90. The van der Waals surface area contributed by atoms with Crippen molar-refractivity contribution in [3.8, 4) is 24.3 Å². The van der Waals surface area contributed by atoms with Crippen LogP contribution in [0.2, 0.25) is 0 Å². The van der Waals surface area contributed by atoms with E-state index in [2.05, 4.69) is 0 Å². The Balaban J connectivity index is 2.75. The minimum absolute atomic E-state index is 0.153. The van der Waals surface area contributed by atoms with E-state index in [1.165, 1.54) is 18.4 Å². The lowest BCUT2D eigenvalue weighted by molar-refractivity contribution is -0.211. The second-order valence-electron chi connectivity index (χ2n) is 5.09. The molecule has 2 rings (SSSR count). The Morgan fingerprint density at radius 1 is 1.10 bits per heavy atom. The van der Waals surface area contributed by atoms with E-state index in [9.17, 15) is 31.3 Å². The number of furan rings is 1. The van der Waals surface area contributed by atoms with Gasteiger partial charge in [0, 0.05) is 12.8 Å². The van der Waals surface area contributed by atoms with E-state index in [1.54, 1.807) is 24.3 Å². The molecule has 1 fully saturated rings. The third kappa shape index (κ3) is 1.85. The van der Waals surface area contributed by atoms with E-state index < -0.39 is 29.0 Å². The van der Waals surface area contributed by atoms with Gasteiger partial charge in [0.05, 0.1) is 36.5 Å². The van der Waals surface area contributed by atoms with Crippen molar-refractivity contribution in [1.29, 1.82) is 21.0 Å². The van der Waals surface area contributed by atoms with E-state index in [4.69, 9.17) is 4.42 Å². The van der Waals surface area contributed by atoms with Crippen LogP contribution in [0.4, 0.5) is 0 Å². The molecule has 0 saturated heterocycles. The summed E-state index contributed by atoms with van der Waals surface area (Å²) in [5.41, 5.74) is -4.22. The summed E-state index contributed by atoms with van der Waals surface area (Å²) in [5, 5.41) is 57.6. The highest BCUT2D eigenvalue weighted by atomic mass is 16.5. The molecule has 0 bridgehead atoms. The maximum absolute atomic E-state index is 9.96. The number of hydrogen-bond donors (Lipinski definition) is 2. The molecule has 0 spiro atoms. The van der Waals surface area contributed by atoms with E-state index in [0.29, 0.717) is 0 Å². The van der Waals surface area contributed by atoms with Crippen molar-refractivity contribution in [2.24, 2.45) is 10.8 Å². The van der Waals surface area contributed by atoms with Gasteiger partial charge in [-0.2, -0.15) is 21.0 Å². The second kappa shape index (κ2) is 4.62. The monoisotopic (exact) mass is 282 g/mol. The standard InChI is InChI=1S/C14H10N4O3/c15-6-12(7-16)5-14(19,20)4-10(11-2-1-3-21-11)13(12,8-17)9-18/h1-3,10,19-20H,4-5H2/t10-/m1/s1. The van der Waals surface area contributed by atoms with Crippen LogP contribution < -0.4 is 0 Å². The molecule has 1 aliphatic carbocycles. The van der Waals surface area contributed by atoms with Crippen molar-refractivity contribution in [3.63, 3.8) is 0 Å². The molecule has 1 aromatic rings. The predicted molar refractivity (Wildman–Crippen MR) is 65.2 cm³/mol. The number of nitrogens with zero attached hydrogens (tertiary/aromatic N) is 4. The van der Waals surface area contributed by atoms with Crippen molar-refractivity contribution in [1.82, 2.24) is 0 Å². The fraction of sp³-hybridized carbons (Fsp3) is 0.429. The highest BCUT2D eigenvalue weighted by Gasteiger charge is 2.67. The molecule has 7 heteroatoms. The Morgan fingerprint density at radius 3 is 2.14 bits per heavy atom. The molecule has 7 nitrogen and oxygen atoms in total. The van der Waals surface area contributed by atoms with Gasteiger partial charge in [-0.1, -0.05) is 0 Å². The molecule has 2 N–H and O–H groups in total. The lowest BCUT2D eigenvalue weighted by atomic mass is 9.51. The van der Waals surface area contributed by atoms with Gasteiger partial charge in [0.15, 0.2) is 16.6 Å². The zero-order chi connectivity index (χ0) is 15.7. The van der Waals surface area contributed by atoms with Gasteiger partial charge in [0.2, 0.25) is 0 Å². The molecule has 1 heterocycles. The van der Waals surface area contributed by atoms with Crippen LogP contribution in [0.15, 0.2) is 22.8 Å². The van der Waals surface area contributed by atoms with Gasteiger partial charge in [-0.05, 0) is 12.1 Å². The van der Waals surface area contributed by atoms with Crippen LogP contribution >= 0.6 is 0 Å². The highest BCUT2D eigenvalue weighted by molar-refractivity contribution is 5.42. The summed E-state index contributed by atoms with van der Waals surface area (Å²) in [6.45, 7) is 0. The zero-order valence-corrected chi connectivity index (χ0v) is 10.8. The first-order valence-electron chi connectivity index (χ1n) is 6.03. The zero-order valence-electron chi connectivity index (χ0n) is 10.8. The largest absolute Gasteiger partial charge is 0.469 e.